The Labute approximate surface area is 109 Å². The Kier molecular flexibility index (Phi) is 4.15. The maximum Gasteiger partial charge on any atom is 0.242 e. The van der Waals surface area contributed by atoms with Gasteiger partial charge in [0.25, 0.3) is 0 Å². The van der Waals surface area contributed by atoms with Crippen LogP contribution >= 0.6 is 23.4 Å². The van der Waals surface area contributed by atoms with Crippen LogP contribution in [0.5, 0.6) is 5.75 Å². The highest BCUT2D eigenvalue weighted by Gasteiger charge is 2.22. The number of benzene rings is 1. The lowest BCUT2D eigenvalue weighted by atomic mass is 10.2. The summed E-state index contributed by atoms with van der Waals surface area (Å²) in [7, 11) is 1.55. The highest BCUT2D eigenvalue weighted by atomic mass is 35.5. The summed E-state index contributed by atoms with van der Waals surface area (Å²) in [6, 6.07) is 5.06. The first-order valence-corrected chi connectivity index (χ1v) is 6.69. The van der Waals surface area contributed by atoms with E-state index in [1.54, 1.807) is 37.1 Å². The number of thioether (sulfide) groups is 1. The Hall–Kier alpha value is -0.910. The maximum atomic E-state index is 11.8. The summed E-state index contributed by atoms with van der Waals surface area (Å²) in [5, 5.41) is 6.41. The Bertz CT molecular complexity index is 422. The highest BCUT2D eigenvalue weighted by molar-refractivity contribution is 7.99. The van der Waals surface area contributed by atoms with Crippen LogP contribution in [0.4, 0.5) is 5.69 Å². The van der Waals surface area contributed by atoms with Gasteiger partial charge in [-0.2, -0.15) is 0 Å². The molecule has 1 heterocycles. The molecular formula is C11H13ClN2O2S. The van der Waals surface area contributed by atoms with Gasteiger partial charge in [0.15, 0.2) is 0 Å². The molecule has 0 saturated carbocycles. The van der Waals surface area contributed by atoms with E-state index in [4.69, 9.17) is 16.3 Å². The predicted molar refractivity (Wildman–Crippen MR) is 70.9 cm³/mol. The van der Waals surface area contributed by atoms with Crippen molar-refractivity contribution < 1.29 is 9.53 Å². The molecule has 4 nitrogen and oxygen atoms in total. The monoisotopic (exact) mass is 272 g/mol. The molecule has 2 N–H and O–H groups in total. The maximum absolute atomic E-state index is 11.8. The van der Waals surface area contributed by atoms with Gasteiger partial charge in [0, 0.05) is 17.3 Å². The lowest BCUT2D eigenvalue weighted by molar-refractivity contribution is -0.117. The van der Waals surface area contributed by atoms with Crippen LogP contribution in [-0.2, 0) is 4.79 Å². The Morgan fingerprint density at radius 2 is 2.47 bits per heavy atom. The van der Waals surface area contributed by atoms with Gasteiger partial charge in [-0.15, -0.1) is 11.8 Å². The van der Waals surface area contributed by atoms with Gasteiger partial charge in [0.2, 0.25) is 5.91 Å². The summed E-state index contributed by atoms with van der Waals surface area (Å²) >= 11 is 7.69. The molecule has 1 fully saturated rings. The van der Waals surface area contributed by atoms with E-state index < -0.39 is 0 Å². The molecule has 0 spiro atoms. The van der Waals surface area contributed by atoms with E-state index in [1.807, 2.05) is 0 Å². The van der Waals surface area contributed by atoms with Crippen molar-refractivity contribution in [1.82, 2.24) is 5.32 Å². The number of carbonyl (C=O) groups excluding carboxylic acids is 1. The molecule has 1 aromatic carbocycles. The molecular weight excluding hydrogens is 260 g/mol. The van der Waals surface area contributed by atoms with Gasteiger partial charge < -0.3 is 10.1 Å². The van der Waals surface area contributed by atoms with Crippen molar-refractivity contribution in [1.29, 1.82) is 0 Å². The highest BCUT2D eigenvalue weighted by Crippen LogP contribution is 2.27. The third kappa shape index (κ3) is 3.06. The predicted octanol–water partition coefficient (Wildman–Crippen LogP) is 1.95. The van der Waals surface area contributed by atoms with Gasteiger partial charge >= 0.3 is 0 Å². The van der Waals surface area contributed by atoms with E-state index in [-0.39, 0.29) is 11.9 Å². The number of anilines is 1. The second-order valence-electron chi connectivity index (χ2n) is 3.61. The summed E-state index contributed by atoms with van der Waals surface area (Å²) in [6.07, 6.45) is 0. The van der Waals surface area contributed by atoms with Crippen molar-refractivity contribution in [2.45, 2.75) is 6.04 Å². The van der Waals surface area contributed by atoms with E-state index in [2.05, 4.69) is 10.6 Å². The first-order valence-electron chi connectivity index (χ1n) is 5.16. The summed E-state index contributed by atoms with van der Waals surface area (Å²) in [5.41, 5.74) is 0.680. The standard InChI is InChI=1S/C11H13ClN2O2S/c1-16-10-3-2-7(4-8(10)12)14-11(15)9-5-17-6-13-9/h2-4,9,13H,5-6H2,1H3,(H,14,15). The molecule has 92 valence electrons. The Morgan fingerprint density at radius 1 is 1.65 bits per heavy atom. The van der Waals surface area contributed by atoms with Crippen molar-refractivity contribution in [2.75, 3.05) is 24.1 Å². The van der Waals surface area contributed by atoms with E-state index in [0.717, 1.165) is 11.6 Å². The lowest BCUT2D eigenvalue weighted by Crippen LogP contribution is -2.37. The number of halogens is 1. The van der Waals surface area contributed by atoms with Gasteiger partial charge in [-0.3, -0.25) is 10.1 Å². The van der Waals surface area contributed by atoms with Crippen LogP contribution in [0.15, 0.2) is 18.2 Å². The molecule has 0 bridgehead atoms. The quantitative estimate of drug-likeness (QED) is 0.883. The third-order valence-electron chi connectivity index (χ3n) is 2.45. The number of hydrogen-bond acceptors (Lipinski definition) is 4. The summed E-state index contributed by atoms with van der Waals surface area (Å²) in [5.74, 6) is 2.19. The molecule has 1 saturated heterocycles. The third-order valence-corrected chi connectivity index (χ3v) is 3.69. The molecule has 1 unspecified atom stereocenters. The number of hydrogen-bond donors (Lipinski definition) is 2. The van der Waals surface area contributed by atoms with Crippen LogP contribution in [0.25, 0.3) is 0 Å². The van der Waals surface area contributed by atoms with Gasteiger partial charge in [-0.1, -0.05) is 11.6 Å². The lowest BCUT2D eigenvalue weighted by Gasteiger charge is -2.11. The number of rotatable bonds is 3. The number of amides is 1. The molecule has 0 radical (unpaired) electrons. The van der Waals surface area contributed by atoms with Crippen molar-refractivity contribution in [2.24, 2.45) is 0 Å². The Morgan fingerprint density at radius 3 is 3.06 bits per heavy atom. The number of methoxy groups -OCH3 is 1. The molecule has 1 atom stereocenters. The minimum atomic E-state index is -0.124. The molecule has 0 aromatic heterocycles. The summed E-state index contributed by atoms with van der Waals surface area (Å²) in [6.45, 7) is 0. The average molecular weight is 273 g/mol. The van der Waals surface area contributed by atoms with E-state index in [9.17, 15) is 4.79 Å². The van der Waals surface area contributed by atoms with Crippen LogP contribution in [0.3, 0.4) is 0 Å². The minimum Gasteiger partial charge on any atom is -0.495 e. The summed E-state index contributed by atoms with van der Waals surface area (Å²) < 4.78 is 5.04. The van der Waals surface area contributed by atoms with Gasteiger partial charge in [0.1, 0.15) is 5.75 Å². The summed E-state index contributed by atoms with van der Waals surface area (Å²) in [4.78, 5) is 11.8. The van der Waals surface area contributed by atoms with Gasteiger partial charge in [-0.05, 0) is 18.2 Å². The topological polar surface area (TPSA) is 50.4 Å². The molecule has 0 aliphatic carbocycles. The van der Waals surface area contributed by atoms with Crippen LogP contribution in [0.1, 0.15) is 0 Å². The second-order valence-corrected chi connectivity index (χ2v) is 5.05. The molecule has 1 aliphatic rings. The first kappa shape index (κ1) is 12.5. The SMILES string of the molecule is COc1ccc(NC(=O)C2CSCN2)cc1Cl. The molecule has 1 aromatic rings. The zero-order chi connectivity index (χ0) is 12.3. The van der Waals surface area contributed by atoms with Crippen LogP contribution in [0.2, 0.25) is 5.02 Å². The second kappa shape index (κ2) is 5.62. The fourth-order valence-electron chi connectivity index (χ4n) is 1.54. The zero-order valence-corrected chi connectivity index (χ0v) is 10.9. The van der Waals surface area contributed by atoms with Crippen LogP contribution < -0.4 is 15.4 Å². The first-order chi connectivity index (χ1) is 8.20. The molecule has 2 rings (SSSR count). The van der Waals surface area contributed by atoms with E-state index >= 15 is 0 Å². The molecule has 1 amide bonds. The fraction of sp³-hybridized carbons (Fsp3) is 0.364. The van der Waals surface area contributed by atoms with E-state index in [1.165, 1.54) is 0 Å². The zero-order valence-electron chi connectivity index (χ0n) is 9.33. The van der Waals surface area contributed by atoms with Crippen molar-refractivity contribution in [3.63, 3.8) is 0 Å². The van der Waals surface area contributed by atoms with Gasteiger partial charge in [-0.25, -0.2) is 0 Å². The number of carbonyl (C=O) groups is 1. The molecule has 6 heteroatoms. The fourth-order valence-corrected chi connectivity index (χ4v) is 2.74. The minimum absolute atomic E-state index is 0.0313. The average Bonchev–Trinajstić information content (AvgIpc) is 2.82. The van der Waals surface area contributed by atoms with E-state index in [0.29, 0.717) is 16.5 Å². The van der Waals surface area contributed by atoms with Crippen LogP contribution in [0, 0.1) is 0 Å². The largest absolute Gasteiger partial charge is 0.495 e. The van der Waals surface area contributed by atoms with Crippen molar-refractivity contribution >= 4 is 35.0 Å². The number of ether oxygens (including phenoxy) is 1. The van der Waals surface area contributed by atoms with Crippen molar-refractivity contribution in [3.8, 4) is 5.75 Å². The normalized spacial score (nSPS) is 19.1. The van der Waals surface area contributed by atoms with Crippen LogP contribution in [-0.4, -0.2) is 30.7 Å². The number of nitrogens with one attached hydrogen (secondary N) is 2. The molecule has 1 aliphatic heterocycles. The van der Waals surface area contributed by atoms with Crippen molar-refractivity contribution in [3.05, 3.63) is 23.2 Å². The smallest absolute Gasteiger partial charge is 0.242 e. The molecule has 17 heavy (non-hydrogen) atoms. The Balaban J connectivity index is 2.03. The van der Waals surface area contributed by atoms with Gasteiger partial charge in [0.05, 0.1) is 18.2 Å².